The number of benzene rings is 2. The van der Waals surface area contributed by atoms with Crippen molar-refractivity contribution in [3.63, 3.8) is 0 Å². The summed E-state index contributed by atoms with van der Waals surface area (Å²) < 4.78 is 0. The van der Waals surface area contributed by atoms with E-state index in [0.29, 0.717) is 0 Å². The van der Waals surface area contributed by atoms with Gasteiger partial charge >= 0.3 is 0 Å². The number of aromatic nitrogens is 1. The molecule has 2 aromatic carbocycles. The van der Waals surface area contributed by atoms with Gasteiger partial charge in [0.1, 0.15) is 0 Å². The molecule has 0 spiro atoms. The third kappa shape index (κ3) is 3.97. The van der Waals surface area contributed by atoms with Crippen molar-refractivity contribution in [3.8, 4) is 0 Å². The zero-order chi connectivity index (χ0) is 17.6. The molecule has 128 valence electrons. The minimum atomic E-state index is -0.171. The smallest absolute Gasteiger partial charge is 0.240 e. The molecule has 0 fully saturated rings. The Kier molecular flexibility index (Phi) is 5.61. The van der Waals surface area contributed by atoms with Crippen LogP contribution in [0.25, 0.3) is 0 Å². The van der Waals surface area contributed by atoms with E-state index in [2.05, 4.69) is 11.9 Å². The molecule has 0 aliphatic carbocycles. The molecular weight excluding hydrogens is 328 g/mol. The number of nitrogens with zero attached hydrogens (tertiary/aromatic N) is 2. The Hall–Kier alpha value is -2.46. The third-order valence-corrected chi connectivity index (χ3v) is 5.05. The predicted octanol–water partition coefficient (Wildman–Crippen LogP) is 5.70. The van der Waals surface area contributed by atoms with Crippen LogP contribution in [0.2, 0.25) is 0 Å². The number of thiazole rings is 1. The highest BCUT2D eigenvalue weighted by Crippen LogP contribution is 2.34. The lowest BCUT2D eigenvalue weighted by molar-refractivity contribution is -0.119. The second kappa shape index (κ2) is 8.08. The maximum absolute atomic E-state index is 13.5. The molecule has 3 rings (SSSR count). The van der Waals surface area contributed by atoms with Crippen LogP contribution in [0.4, 0.5) is 10.8 Å². The summed E-state index contributed by atoms with van der Waals surface area (Å²) in [5.74, 6) is -0.0933. The number of para-hydroxylation sites is 1. The van der Waals surface area contributed by atoms with Crippen LogP contribution in [0, 0.1) is 6.92 Å². The SMILES string of the molecule is CCC[C@@H](C(=O)N(c1ccccc1)c1nc(C)cs1)c1ccccc1. The van der Waals surface area contributed by atoms with E-state index in [4.69, 9.17) is 0 Å². The Morgan fingerprint density at radius 2 is 1.72 bits per heavy atom. The van der Waals surface area contributed by atoms with Crippen molar-refractivity contribution in [2.45, 2.75) is 32.6 Å². The molecular formula is C21H22N2OS. The Morgan fingerprint density at radius 1 is 1.08 bits per heavy atom. The highest BCUT2D eigenvalue weighted by Gasteiger charge is 2.29. The van der Waals surface area contributed by atoms with E-state index in [-0.39, 0.29) is 11.8 Å². The Bertz CT molecular complexity index is 814. The minimum Gasteiger partial charge on any atom is -0.273 e. The molecule has 0 saturated carbocycles. The third-order valence-electron chi connectivity index (χ3n) is 4.11. The quantitative estimate of drug-likeness (QED) is 0.571. The van der Waals surface area contributed by atoms with Crippen molar-refractivity contribution in [1.29, 1.82) is 0 Å². The standard InChI is InChI=1S/C21H22N2OS/c1-3-10-19(17-11-6-4-7-12-17)20(24)23(18-13-8-5-9-14-18)21-22-16(2)15-25-21/h4-9,11-15,19H,3,10H2,1-2H3/t19-/m1/s1. The molecule has 25 heavy (non-hydrogen) atoms. The Morgan fingerprint density at radius 3 is 2.28 bits per heavy atom. The van der Waals surface area contributed by atoms with Gasteiger partial charge in [0, 0.05) is 5.38 Å². The lowest BCUT2D eigenvalue weighted by atomic mass is 9.93. The first-order valence-electron chi connectivity index (χ1n) is 8.56. The first-order chi connectivity index (χ1) is 12.2. The van der Waals surface area contributed by atoms with Crippen LogP contribution in [-0.2, 0) is 4.79 Å². The number of aryl methyl sites for hydroxylation is 1. The lowest BCUT2D eigenvalue weighted by Gasteiger charge is -2.25. The summed E-state index contributed by atoms with van der Waals surface area (Å²) in [5.41, 5.74) is 2.85. The molecule has 0 bridgehead atoms. The van der Waals surface area contributed by atoms with Crippen molar-refractivity contribution < 1.29 is 4.79 Å². The molecule has 1 atom stereocenters. The predicted molar refractivity (Wildman–Crippen MR) is 105 cm³/mol. The van der Waals surface area contributed by atoms with E-state index >= 15 is 0 Å². The van der Waals surface area contributed by atoms with Gasteiger partial charge in [0.2, 0.25) is 5.91 Å². The number of hydrogen-bond donors (Lipinski definition) is 0. The zero-order valence-corrected chi connectivity index (χ0v) is 15.4. The molecule has 0 N–H and O–H groups in total. The summed E-state index contributed by atoms with van der Waals surface area (Å²) in [6.45, 7) is 4.07. The fourth-order valence-electron chi connectivity index (χ4n) is 2.92. The molecule has 4 heteroatoms. The van der Waals surface area contributed by atoms with Crippen LogP contribution < -0.4 is 4.90 Å². The molecule has 3 aromatic rings. The number of amides is 1. The van der Waals surface area contributed by atoms with Gasteiger partial charge in [-0.05, 0) is 31.0 Å². The van der Waals surface area contributed by atoms with Crippen LogP contribution >= 0.6 is 11.3 Å². The van der Waals surface area contributed by atoms with E-state index in [1.165, 1.54) is 11.3 Å². The topological polar surface area (TPSA) is 33.2 Å². The van der Waals surface area contributed by atoms with E-state index in [9.17, 15) is 4.79 Å². The van der Waals surface area contributed by atoms with Crippen LogP contribution in [0.3, 0.4) is 0 Å². The van der Waals surface area contributed by atoms with Crippen molar-refractivity contribution in [2.24, 2.45) is 0 Å². The second-order valence-electron chi connectivity index (χ2n) is 6.03. The van der Waals surface area contributed by atoms with Crippen molar-refractivity contribution in [3.05, 3.63) is 77.3 Å². The van der Waals surface area contributed by atoms with Crippen LogP contribution in [0.5, 0.6) is 0 Å². The summed E-state index contributed by atoms with van der Waals surface area (Å²) in [6.07, 6.45) is 1.77. The fourth-order valence-corrected chi connectivity index (χ4v) is 3.74. The zero-order valence-electron chi connectivity index (χ0n) is 14.6. The fraction of sp³-hybridized carbons (Fsp3) is 0.238. The van der Waals surface area contributed by atoms with Crippen molar-refractivity contribution in [2.75, 3.05) is 4.90 Å². The van der Waals surface area contributed by atoms with Gasteiger partial charge in [0.25, 0.3) is 0 Å². The maximum Gasteiger partial charge on any atom is 0.240 e. The van der Waals surface area contributed by atoms with Crippen molar-refractivity contribution >= 4 is 28.1 Å². The molecule has 3 nitrogen and oxygen atoms in total. The van der Waals surface area contributed by atoms with Crippen molar-refractivity contribution in [1.82, 2.24) is 4.98 Å². The second-order valence-corrected chi connectivity index (χ2v) is 6.87. The van der Waals surface area contributed by atoms with E-state index < -0.39 is 0 Å². The van der Waals surface area contributed by atoms with Crippen LogP contribution in [0.15, 0.2) is 66.0 Å². The van der Waals surface area contributed by atoms with Gasteiger partial charge in [0.05, 0.1) is 17.3 Å². The molecule has 0 radical (unpaired) electrons. The monoisotopic (exact) mass is 350 g/mol. The number of anilines is 2. The molecule has 0 unspecified atom stereocenters. The average Bonchev–Trinajstić information content (AvgIpc) is 3.07. The largest absolute Gasteiger partial charge is 0.273 e. The summed E-state index contributed by atoms with van der Waals surface area (Å²) in [5, 5.41) is 2.71. The van der Waals surface area contributed by atoms with Gasteiger partial charge in [-0.25, -0.2) is 4.98 Å². The van der Waals surface area contributed by atoms with Crippen LogP contribution in [0.1, 0.15) is 36.9 Å². The Labute approximate surface area is 153 Å². The molecule has 0 aliphatic rings. The highest BCUT2D eigenvalue weighted by atomic mass is 32.1. The molecule has 1 heterocycles. The lowest BCUT2D eigenvalue weighted by Crippen LogP contribution is -2.31. The maximum atomic E-state index is 13.5. The molecule has 0 aliphatic heterocycles. The summed E-state index contributed by atoms with van der Waals surface area (Å²) in [4.78, 5) is 19.9. The van der Waals surface area contributed by atoms with Gasteiger partial charge in [-0.3, -0.25) is 9.69 Å². The summed E-state index contributed by atoms with van der Waals surface area (Å²) in [7, 11) is 0. The van der Waals surface area contributed by atoms with Gasteiger partial charge in [-0.15, -0.1) is 11.3 Å². The molecule has 0 saturated heterocycles. The van der Waals surface area contributed by atoms with Gasteiger partial charge < -0.3 is 0 Å². The Balaban J connectivity index is 2.03. The number of carbonyl (C=O) groups excluding carboxylic acids is 1. The van der Waals surface area contributed by atoms with E-state index in [1.54, 1.807) is 4.90 Å². The van der Waals surface area contributed by atoms with Gasteiger partial charge in [-0.1, -0.05) is 61.9 Å². The van der Waals surface area contributed by atoms with E-state index in [1.807, 2.05) is 73.0 Å². The molecule has 1 amide bonds. The van der Waals surface area contributed by atoms with E-state index in [0.717, 1.165) is 34.9 Å². The summed E-state index contributed by atoms with van der Waals surface area (Å²) in [6, 6.07) is 19.8. The summed E-state index contributed by atoms with van der Waals surface area (Å²) >= 11 is 1.51. The minimum absolute atomic E-state index is 0.0774. The number of carbonyl (C=O) groups is 1. The van der Waals surface area contributed by atoms with Crippen LogP contribution in [-0.4, -0.2) is 10.9 Å². The highest BCUT2D eigenvalue weighted by molar-refractivity contribution is 7.14. The first-order valence-corrected chi connectivity index (χ1v) is 9.44. The normalized spacial score (nSPS) is 11.9. The average molecular weight is 350 g/mol. The molecule has 1 aromatic heterocycles. The number of hydrogen-bond acceptors (Lipinski definition) is 3. The number of rotatable bonds is 6. The van der Waals surface area contributed by atoms with Gasteiger partial charge in [-0.2, -0.15) is 0 Å². The first kappa shape index (κ1) is 17.4. The van der Waals surface area contributed by atoms with Gasteiger partial charge in [0.15, 0.2) is 5.13 Å².